The number of ether oxygens (including phenoxy) is 1. The Balaban J connectivity index is 2.21. The van der Waals surface area contributed by atoms with E-state index in [1.54, 1.807) is 11.3 Å². The molecular formula is C14H21N5OS. The van der Waals surface area contributed by atoms with Gasteiger partial charge in [0.25, 0.3) is 0 Å². The average molecular weight is 307 g/mol. The summed E-state index contributed by atoms with van der Waals surface area (Å²) in [7, 11) is 0. The van der Waals surface area contributed by atoms with Crippen molar-refractivity contribution < 1.29 is 4.74 Å². The Morgan fingerprint density at radius 1 is 1.24 bits per heavy atom. The van der Waals surface area contributed by atoms with Gasteiger partial charge in [-0.2, -0.15) is 4.98 Å². The van der Waals surface area contributed by atoms with Crippen molar-refractivity contribution in [2.75, 3.05) is 11.1 Å². The summed E-state index contributed by atoms with van der Waals surface area (Å²) in [5.41, 5.74) is 7.54. The van der Waals surface area contributed by atoms with E-state index in [9.17, 15) is 0 Å². The van der Waals surface area contributed by atoms with Gasteiger partial charge in [-0.25, -0.2) is 9.97 Å². The molecule has 0 saturated carbocycles. The number of thiazole rings is 1. The first-order valence-corrected chi connectivity index (χ1v) is 7.67. The highest BCUT2D eigenvalue weighted by molar-refractivity contribution is 7.11. The van der Waals surface area contributed by atoms with Crippen molar-refractivity contribution in [3.05, 3.63) is 21.9 Å². The van der Waals surface area contributed by atoms with Gasteiger partial charge < -0.3 is 15.8 Å². The van der Waals surface area contributed by atoms with E-state index in [-0.39, 0.29) is 12.1 Å². The Labute approximate surface area is 128 Å². The quantitative estimate of drug-likeness (QED) is 0.882. The first kappa shape index (κ1) is 15.5. The number of hydrogen-bond acceptors (Lipinski definition) is 7. The summed E-state index contributed by atoms with van der Waals surface area (Å²) < 4.78 is 5.57. The van der Waals surface area contributed by atoms with Crippen molar-refractivity contribution in [3.63, 3.8) is 0 Å². The minimum Gasteiger partial charge on any atom is -0.473 e. The Morgan fingerprint density at radius 3 is 2.52 bits per heavy atom. The fourth-order valence-corrected chi connectivity index (χ4v) is 2.96. The van der Waals surface area contributed by atoms with Crippen LogP contribution in [0.3, 0.4) is 0 Å². The van der Waals surface area contributed by atoms with Crippen LogP contribution >= 0.6 is 11.3 Å². The summed E-state index contributed by atoms with van der Waals surface area (Å²) in [6.45, 7) is 9.93. The van der Waals surface area contributed by atoms with Crippen LogP contribution < -0.4 is 15.8 Å². The normalized spacial score (nSPS) is 12.5. The lowest BCUT2D eigenvalue weighted by atomic mass is 10.2. The molecule has 3 N–H and O–H groups in total. The SMILES string of the molecule is Cc1nc(C)c(C(C)Nc2ncnc(OC(C)C)c2N)s1. The van der Waals surface area contributed by atoms with E-state index in [0.29, 0.717) is 17.4 Å². The molecule has 0 aliphatic rings. The summed E-state index contributed by atoms with van der Waals surface area (Å²) >= 11 is 1.67. The lowest BCUT2D eigenvalue weighted by Gasteiger charge is -2.17. The van der Waals surface area contributed by atoms with Gasteiger partial charge in [-0.3, -0.25) is 0 Å². The molecule has 2 aromatic heterocycles. The molecule has 114 valence electrons. The van der Waals surface area contributed by atoms with E-state index in [1.807, 2.05) is 27.7 Å². The smallest absolute Gasteiger partial charge is 0.242 e. The Kier molecular flexibility index (Phi) is 4.62. The molecular weight excluding hydrogens is 286 g/mol. The predicted molar refractivity (Wildman–Crippen MR) is 85.8 cm³/mol. The zero-order valence-electron chi connectivity index (χ0n) is 13.0. The molecule has 0 spiro atoms. The Morgan fingerprint density at radius 2 is 1.95 bits per heavy atom. The molecule has 0 aromatic carbocycles. The standard InChI is InChI=1S/C14H21N5OS/c1-7(2)20-14-11(15)13(16-6-17-14)19-9(4)12-8(3)18-10(5)21-12/h6-7,9H,15H2,1-5H3,(H,16,17,19). The number of nitrogens with one attached hydrogen (secondary N) is 1. The number of anilines is 2. The molecule has 0 radical (unpaired) electrons. The van der Waals surface area contributed by atoms with Gasteiger partial charge in [-0.1, -0.05) is 0 Å². The zero-order chi connectivity index (χ0) is 15.6. The molecule has 0 aliphatic carbocycles. The van der Waals surface area contributed by atoms with Gasteiger partial charge in [0.05, 0.1) is 22.8 Å². The zero-order valence-corrected chi connectivity index (χ0v) is 13.8. The number of aryl methyl sites for hydroxylation is 2. The Bertz CT molecular complexity index is 626. The van der Waals surface area contributed by atoms with Crippen LogP contribution in [0.4, 0.5) is 11.5 Å². The Hall–Kier alpha value is -1.89. The van der Waals surface area contributed by atoms with Crippen LogP contribution in [0.5, 0.6) is 5.88 Å². The van der Waals surface area contributed by atoms with E-state index in [4.69, 9.17) is 10.5 Å². The number of rotatable bonds is 5. The fraction of sp³-hybridized carbons (Fsp3) is 0.500. The summed E-state index contributed by atoms with van der Waals surface area (Å²) in [5, 5.41) is 4.36. The topological polar surface area (TPSA) is 86.0 Å². The number of nitrogen functional groups attached to an aromatic ring is 1. The molecule has 2 aromatic rings. The van der Waals surface area contributed by atoms with E-state index in [0.717, 1.165) is 10.7 Å². The molecule has 2 heterocycles. The third-order valence-corrected chi connectivity index (χ3v) is 4.14. The highest BCUT2D eigenvalue weighted by Gasteiger charge is 2.17. The summed E-state index contributed by atoms with van der Waals surface area (Å²) in [6, 6.07) is 0.0697. The molecule has 0 amide bonds. The predicted octanol–water partition coefficient (Wildman–Crippen LogP) is 3.09. The number of nitrogens with zero attached hydrogens (tertiary/aromatic N) is 3. The molecule has 0 saturated heterocycles. The summed E-state index contributed by atoms with van der Waals surface area (Å²) in [6.07, 6.45) is 1.47. The largest absolute Gasteiger partial charge is 0.473 e. The van der Waals surface area contributed by atoms with Crippen LogP contribution in [-0.4, -0.2) is 21.1 Å². The van der Waals surface area contributed by atoms with Crippen LogP contribution in [-0.2, 0) is 0 Å². The molecule has 0 aliphatic heterocycles. The van der Waals surface area contributed by atoms with Crippen LogP contribution in [0.25, 0.3) is 0 Å². The van der Waals surface area contributed by atoms with Crippen molar-refractivity contribution in [3.8, 4) is 5.88 Å². The second kappa shape index (κ2) is 6.26. The first-order valence-electron chi connectivity index (χ1n) is 6.86. The van der Waals surface area contributed by atoms with E-state index in [2.05, 4.69) is 27.2 Å². The van der Waals surface area contributed by atoms with Crippen LogP contribution in [0, 0.1) is 13.8 Å². The van der Waals surface area contributed by atoms with Gasteiger partial charge in [0.2, 0.25) is 5.88 Å². The lowest BCUT2D eigenvalue weighted by Crippen LogP contribution is -2.13. The molecule has 1 unspecified atom stereocenters. The minimum atomic E-state index is 0.0128. The maximum absolute atomic E-state index is 6.08. The van der Waals surface area contributed by atoms with Crippen LogP contribution in [0.1, 0.15) is 42.4 Å². The molecule has 2 rings (SSSR count). The molecule has 0 bridgehead atoms. The molecule has 6 nitrogen and oxygen atoms in total. The highest BCUT2D eigenvalue weighted by Crippen LogP contribution is 2.31. The van der Waals surface area contributed by atoms with Gasteiger partial charge >= 0.3 is 0 Å². The van der Waals surface area contributed by atoms with E-state index in [1.165, 1.54) is 11.2 Å². The second-order valence-corrected chi connectivity index (χ2v) is 6.39. The molecule has 0 fully saturated rings. The third kappa shape index (κ3) is 3.60. The van der Waals surface area contributed by atoms with Crippen molar-refractivity contribution in [2.24, 2.45) is 0 Å². The maximum atomic E-state index is 6.08. The van der Waals surface area contributed by atoms with Crippen molar-refractivity contribution >= 4 is 22.8 Å². The van der Waals surface area contributed by atoms with Crippen molar-refractivity contribution in [2.45, 2.75) is 46.8 Å². The van der Waals surface area contributed by atoms with Gasteiger partial charge in [-0.15, -0.1) is 11.3 Å². The highest BCUT2D eigenvalue weighted by atomic mass is 32.1. The van der Waals surface area contributed by atoms with Gasteiger partial charge in [0.15, 0.2) is 5.82 Å². The average Bonchev–Trinajstić information content (AvgIpc) is 2.73. The van der Waals surface area contributed by atoms with E-state index >= 15 is 0 Å². The second-order valence-electron chi connectivity index (χ2n) is 5.16. The number of hydrogen-bond donors (Lipinski definition) is 2. The van der Waals surface area contributed by atoms with Crippen molar-refractivity contribution in [1.29, 1.82) is 0 Å². The minimum absolute atomic E-state index is 0.0128. The molecule has 1 atom stereocenters. The molecule has 21 heavy (non-hydrogen) atoms. The molecule has 7 heteroatoms. The number of nitrogens with two attached hydrogens (primary N) is 1. The van der Waals surface area contributed by atoms with Gasteiger partial charge in [-0.05, 0) is 34.6 Å². The van der Waals surface area contributed by atoms with Crippen molar-refractivity contribution in [1.82, 2.24) is 15.0 Å². The first-order chi connectivity index (χ1) is 9.88. The lowest BCUT2D eigenvalue weighted by molar-refractivity contribution is 0.234. The van der Waals surface area contributed by atoms with Gasteiger partial charge in [0, 0.05) is 4.88 Å². The maximum Gasteiger partial charge on any atom is 0.242 e. The van der Waals surface area contributed by atoms with Gasteiger partial charge in [0.1, 0.15) is 12.0 Å². The summed E-state index contributed by atoms with van der Waals surface area (Å²) in [5.74, 6) is 0.991. The fourth-order valence-electron chi connectivity index (χ4n) is 2.03. The monoisotopic (exact) mass is 307 g/mol. The van der Waals surface area contributed by atoms with Crippen LogP contribution in [0.2, 0.25) is 0 Å². The summed E-state index contributed by atoms with van der Waals surface area (Å²) in [4.78, 5) is 13.9. The number of aromatic nitrogens is 3. The van der Waals surface area contributed by atoms with E-state index < -0.39 is 0 Å². The van der Waals surface area contributed by atoms with Crippen LogP contribution in [0.15, 0.2) is 6.33 Å². The third-order valence-electron chi connectivity index (χ3n) is 2.88.